The predicted molar refractivity (Wildman–Crippen MR) is 114 cm³/mol. The number of nitrogens with one attached hydrogen (secondary N) is 2. The SMILES string of the molecule is CNCCCc1c(-c2ccccc2)[nH]c2c1-c1ccc(Cl)cc1CC2.Cl. The van der Waals surface area contributed by atoms with Crippen molar-refractivity contribution in [1.82, 2.24) is 10.3 Å². The van der Waals surface area contributed by atoms with Crippen LogP contribution in [0.5, 0.6) is 0 Å². The Labute approximate surface area is 166 Å². The van der Waals surface area contributed by atoms with Gasteiger partial charge in [0.1, 0.15) is 0 Å². The molecule has 0 atom stereocenters. The van der Waals surface area contributed by atoms with E-state index >= 15 is 0 Å². The maximum atomic E-state index is 6.23. The largest absolute Gasteiger partial charge is 0.358 e. The number of aryl methyl sites for hydroxylation is 2. The smallest absolute Gasteiger partial charge is 0.0495 e. The Morgan fingerprint density at radius 1 is 1.08 bits per heavy atom. The highest BCUT2D eigenvalue weighted by molar-refractivity contribution is 6.30. The van der Waals surface area contributed by atoms with E-state index in [1.807, 2.05) is 13.1 Å². The van der Waals surface area contributed by atoms with Gasteiger partial charge < -0.3 is 10.3 Å². The quantitative estimate of drug-likeness (QED) is 0.542. The standard InChI is InChI=1S/C22H23ClN2.ClH/c1-24-13-5-8-19-21-18-11-10-17(23)14-16(18)9-12-20(21)25-22(19)15-6-3-2-4-7-15;/h2-4,6-7,10-11,14,24-25H,5,8-9,12-13H2,1H3;1H. The first-order valence-corrected chi connectivity index (χ1v) is 9.38. The van der Waals surface area contributed by atoms with Crippen LogP contribution in [-0.4, -0.2) is 18.6 Å². The zero-order valence-electron chi connectivity index (χ0n) is 14.9. The van der Waals surface area contributed by atoms with Crippen LogP contribution in [0.25, 0.3) is 22.4 Å². The second kappa shape index (κ2) is 8.30. The first-order valence-electron chi connectivity index (χ1n) is 9.00. The molecule has 1 aromatic heterocycles. The lowest BCUT2D eigenvalue weighted by atomic mass is 9.86. The van der Waals surface area contributed by atoms with Gasteiger partial charge in [0.25, 0.3) is 0 Å². The van der Waals surface area contributed by atoms with E-state index in [4.69, 9.17) is 11.6 Å². The van der Waals surface area contributed by atoms with Crippen LogP contribution >= 0.6 is 24.0 Å². The lowest BCUT2D eigenvalue weighted by Crippen LogP contribution is -2.09. The van der Waals surface area contributed by atoms with Gasteiger partial charge in [-0.25, -0.2) is 0 Å². The summed E-state index contributed by atoms with van der Waals surface area (Å²) in [5, 5.41) is 4.10. The second-order valence-corrected chi connectivity index (χ2v) is 7.14. The summed E-state index contributed by atoms with van der Waals surface area (Å²) in [6.07, 6.45) is 4.30. The molecule has 0 amide bonds. The molecule has 0 spiro atoms. The summed E-state index contributed by atoms with van der Waals surface area (Å²) < 4.78 is 0. The number of aromatic amines is 1. The third-order valence-corrected chi connectivity index (χ3v) is 5.31. The molecule has 2 nitrogen and oxygen atoms in total. The monoisotopic (exact) mass is 386 g/mol. The molecule has 136 valence electrons. The summed E-state index contributed by atoms with van der Waals surface area (Å²) in [6, 6.07) is 17.0. The Morgan fingerprint density at radius 2 is 1.88 bits per heavy atom. The molecule has 2 N–H and O–H groups in total. The highest BCUT2D eigenvalue weighted by atomic mass is 35.5. The molecule has 4 rings (SSSR count). The number of halogens is 2. The van der Waals surface area contributed by atoms with Gasteiger partial charge >= 0.3 is 0 Å². The third-order valence-electron chi connectivity index (χ3n) is 5.08. The van der Waals surface area contributed by atoms with Crippen LogP contribution in [0.4, 0.5) is 0 Å². The van der Waals surface area contributed by atoms with E-state index in [9.17, 15) is 0 Å². The van der Waals surface area contributed by atoms with Crippen LogP contribution < -0.4 is 5.32 Å². The van der Waals surface area contributed by atoms with Crippen molar-refractivity contribution in [1.29, 1.82) is 0 Å². The molecule has 0 unspecified atom stereocenters. The van der Waals surface area contributed by atoms with Crippen molar-refractivity contribution in [3.05, 3.63) is 70.4 Å². The molecule has 0 saturated heterocycles. The Kier molecular flexibility index (Phi) is 6.08. The van der Waals surface area contributed by atoms with E-state index in [1.165, 1.54) is 39.2 Å². The van der Waals surface area contributed by atoms with E-state index in [1.54, 1.807) is 0 Å². The Morgan fingerprint density at radius 3 is 2.65 bits per heavy atom. The van der Waals surface area contributed by atoms with E-state index in [2.05, 4.69) is 52.8 Å². The van der Waals surface area contributed by atoms with Crippen molar-refractivity contribution in [2.24, 2.45) is 0 Å². The number of hydrogen-bond acceptors (Lipinski definition) is 1. The van der Waals surface area contributed by atoms with Crippen LogP contribution in [0, 0.1) is 0 Å². The van der Waals surface area contributed by atoms with Gasteiger partial charge in [0.15, 0.2) is 0 Å². The Hall–Kier alpha value is -1.74. The van der Waals surface area contributed by atoms with Crippen molar-refractivity contribution >= 4 is 24.0 Å². The van der Waals surface area contributed by atoms with Gasteiger partial charge in [-0.3, -0.25) is 0 Å². The number of fused-ring (bicyclic) bond motifs is 3. The molecule has 0 fully saturated rings. The van der Waals surface area contributed by atoms with Crippen molar-refractivity contribution < 1.29 is 0 Å². The Balaban J connectivity index is 0.00000196. The highest BCUT2D eigenvalue weighted by Gasteiger charge is 2.24. The summed E-state index contributed by atoms with van der Waals surface area (Å²) in [7, 11) is 2.02. The first-order chi connectivity index (χ1) is 12.3. The first kappa shape index (κ1) is 19.0. The molecule has 0 aliphatic heterocycles. The topological polar surface area (TPSA) is 27.8 Å². The average molecular weight is 387 g/mol. The van der Waals surface area contributed by atoms with Crippen LogP contribution in [0.1, 0.15) is 23.2 Å². The molecule has 0 saturated carbocycles. The maximum Gasteiger partial charge on any atom is 0.0495 e. The molecular formula is C22H24Cl2N2. The summed E-state index contributed by atoms with van der Waals surface area (Å²) in [6.45, 7) is 1.03. The van der Waals surface area contributed by atoms with Crippen LogP contribution in [0.3, 0.4) is 0 Å². The van der Waals surface area contributed by atoms with E-state index in [-0.39, 0.29) is 12.4 Å². The Bertz CT molecular complexity index is 885. The molecule has 0 radical (unpaired) electrons. The summed E-state index contributed by atoms with van der Waals surface area (Å²) in [4.78, 5) is 3.75. The summed E-state index contributed by atoms with van der Waals surface area (Å²) in [5.74, 6) is 0. The van der Waals surface area contributed by atoms with Crippen LogP contribution in [0.2, 0.25) is 5.02 Å². The van der Waals surface area contributed by atoms with Gasteiger partial charge in [0, 0.05) is 22.0 Å². The minimum Gasteiger partial charge on any atom is -0.358 e. The molecule has 1 heterocycles. The third kappa shape index (κ3) is 3.55. The number of aromatic nitrogens is 1. The lowest BCUT2D eigenvalue weighted by Gasteiger charge is -2.18. The van der Waals surface area contributed by atoms with E-state index in [0.29, 0.717) is 0 Å². The number of hydrogen-bond donors (Lipinski definition) is 2. The molecule has 26 heavy (non-hydrogen) atoms. The van der Waals surface area contributed by atoms with Gasteiger partial charge in [-0.05, 0) is 73.7 Å². The molecule has 0 bridgehead atoms. The predicted octanol–water partition coefficient (Wildman–Crippen LogP) is 5.67. The molecule has 3 aromatic rings. The zero-order valence-corrected chi connectivity index (χ0v) is 16.5. The molecule has 4 heteroatoms. The number of H-pyrrole nitrogens is 1. The molecule has 1 aliphatic carbocycles. The second-order valence-electron chi connectivity index (χ2n) is 6.71. The van der Waals surface area contributed by atoms with Gasteiger partial charge in [-0.1, -0.05) is 48.0 Å². The van der Waals surface area contributed by atoms with Crippen LogP contribution in [-0.2, 0) is 19.3 Å². The van der Waals surface area contributed by atoms with E-state index < -0.39 is 0 Å². The van der Waals surface area contributed by atoms with Crippen molar-refractivity contribution in [2.75, 3.05) is 13.6 Å². The fourth-order valence-electron chi connectivity index (χ4n) is 3.92. The normalized spacial score (nSPS) is 12.2. The number of rotatable bonds is 5. The summed E-state index contributed by atoms with van der Waals surface area (Å²) in [5.41, 5.74) is 9.49. The van der Waals surface area contributed by atoms with E-state index in [0.717, 1.165) is 37.3 Å². The van der Waals surface area contributed by atoms with Gasteiger partial charge in [-0.15, -0.1) is 12.4 Å². The minimum atomic E-state index is 0. The molecular weight excluding hydrogens is 363 g/mol. The van der Waals surface area contributed by atoms with Crippen molar-refractivity contribution in [3.63, 3.8) is 0 Å². The van der Waals surface area contributed by atoms with Crippen molar-refractivity contribution in [2.45, 2.75) is 25.7 Å². The maximum absolute atomic E-state index is 6.23. The molecule has 2 aromatic carbocycles. The van der Waals surface area contributed by atoms with Crippen LogP contribution in [0.15, 0.2) is 48.5 Å². The van der Waals surface area contributed by atoms with Gasteiger partial charge in [-0.2, -0.15) is 0 Å². The summed E-state index contributed by atoms with van der Waals surface area (Å²) >= 11 is 6.23. The zero-order chi connectivity index (χ0) is 17.2. The van der Waals surface area contributed by atoms with Crippen molar-refractivity contribution in [3.8, 4) is 22.4 Å². The van der Waals surface area contributed by atoms with Gasteiger partial charge in [0.2, 0.25) is 0 Å². The number of benzene rings is 2. The fourth-order valence-corrected chi connectivity index (χ4v) is 4.12. The highest BCUT2D eigenvalue weighted by Crippen LogP contribution is 2.42. The fraction of sp³-hybridized carbons (Fsp3) is 0.273. The van der Waals surface area contributed by atoms with Gasteiger partial charge in [0.05, 0.1) is 0 Å². The average Bonchev–Trinajstić information content (AvgIpc) is 3.01. The molecule has 1 aliphatic rings. The minimum absolute atomic E-state index is 0. The lowest BCUT2D eigenvalue weighted by molar-refractivity contribution is 0.726.